The Morgan fingerprint density at radius 2 is 2.21 bits per heavy atom. The second-order valence-corrected chi connectivity index (χ2v) is 5.25. The lowest BCUT2D eigenvalue weighted by Crippen LogP contribution is -2.09. The molecule has 0 amide bonds. The topological polar surface area (TPSA) is 66.0 Å². The quantitative estimate of drug-likeness (QED) is 0.913. The van der Waals surface area contributed by atoms with Crippen LogP contribution in [-0.2, 0) is 20.1 Å². The largest absolute Gasteiger partial charge is 0.485 e. The molecule has 0 saturated heterocycles. The first-order chi connectivity index (χ1) is 9.11. The summed E-state index contributed by atoms with van der Waals surface area (Å²) in [6.07, 6.45) is 2.31. The van der Waals surface area contributed by atoms with E-state index in [1.54, 1.807) is 4.68 Å². The predicted molar refractivity (Wildman–Crippen MR) is 77.0 cm³/mol. The van der Waals surface area contributed by atoms with Crippen LogP contribution in [0.25, 0.3) is 0 Å². The number of aromatic nitrogens is 3. The summed E-state index contributed by atoms with van der Waals surface area (Å²) in [6, 6.07) is 4.08. The summed E-state index contributed by atoms with van der Waals surface area (Å²) >= 11 is 3.50. The Balaban J connectivity index is 2.21. The second kappa shape index (κ2) is 6.16. The number of hydrogen-bond donors (Lipinski definition) is 1. The molecule has 2 N–H and O–H groups in total. The summed E-state index contributed by atoms with van der Waals surface area (Å²) in [5.74, 6) is 1.68. The number of aryl methyl sites for hydroxylation is 2. The molecule has 102 valence electrons. The van der Waals surface area contributed by atoms with Gasteiger partial charge in [-0.25, -0.2) is 4.98 Å². The van der Waals surface area contributed by atoms with Crippen LogP contribution in [0, 0.1) is 6.92 Å². The van der Waals surface area contributed by atoms with E-state index < -0.39 is 0 Å². The van der Waals surface area contributed by atoms with Gasteiger partial charge in [-0.15, -0.1) is 0 Å². The highest BCUT2D eigenvalue weighted by Crippen LogP contribution is 2.28. The molecule has 0 aliphatic carbocycles. The number of nitrogens with two attached hydrogens (primary N) is 1. The summed E-state index contributed by atoms with van der Waals surface area (Å²) in [6.45, 7) is 3.02. The van der Waals surface area contributed by atoms with Crippen molar-refractivity contribution in [1.29, 1.82) is 0 Å². The molecule has 0 aliphatic heterocycles. The average molecular weight is 325 g/mol. The van der Waals surface area contributed by atoms with Crippen molar-refractivity contribution >= 4 is 15.9 Å². The number of halogens is 1. The number of nitrogens with zero attached hydrogens (tertiary/aromatic N) is 3. The summed E-state index contributed by atoms with van der Waals surface area (Å²) in [5.41, 5.74) is 7.84. The molecule has 0 saturated carbocycles. The van der Waals surface area contributed by atoms with Gasteiger partial charge in [-0.1, -0.05) is 15.9 Å². The molecule has 6 heteroatoms. The SMILES string of the molecule is Cc1cc(Br)cc(CCN)c1OCc1ncnn1C. The molecular weight excluding hydrogens is 308 g/mol. The molecule has 0 radical (unpaired) electrons. The van der Waals surface area contributed by atoms with Gasteiger partial charge >= 0.3 is 0 Å². The standard InChI is InChI=1S/C13H17BrN4O/c1-9-5-11(14)6-10(3-4-15)13(9)19-7-12-16-8-17-18(12)2/h5-6,8H,3-4,7,15H2,1-2H3. The molecule has 0 fully saturated rings. The van der Waals surface area contributed by atoms with Crippen LogP contribution in [0.15, 0.2) is 22.9 Å². The van der Waals surface area contributed by atoms with E-state index in [0.717, 1.165) is 33.6 Å². The van der Waals surface area contributed by atoms with E-state index in [2.05, 4.69) is 26.0 Å². The number of hydrogen-bond acceptors (Lipinski definition) is 4. The third kappa shape index (κ3) is 3.33. The predicted octanol–water partition coefficient (Wildman–Crippen LogP) is 1.97. The molecule has 1 aromatic heterocycles. The van der Waals surface area contributed by atoms with Crippen LogP contribution in [0.1, 0.15) is 17.0 Å². The minimum Gasteiger partial charge on any atom is -0.485 e. The molecule has 2 aromatic rings. The molecule has 1 aromatic carbocycles. The Kier molecular flexibility index (Phi) is 4.55. The first-order valence-corrected chi connectivity index (χ1v) is 6.86. The molecule has 5 nitrogen and oxygen atoms in total. The normalized spacial score (nSPS) is 10.7. The highest BCUT2D eigenvalue weighted by Gasteiger charge is 2.10. The molecular formula is C13H17BrN4O. The van der Waals surface area contributed by atoms with E-state index in [1.165, 1.54) is 6.33 Å². The van der Waals surface area contributed by atoms with Crippen LogP contribution in [-0.4, -0.2) is 21.3 Å². The zero-order chi connectivity index (χ0) is 13.8. The van der Waals surface area contributed by atoms with E-state index in [0.29, 0.717) is 13.2 Å². The van der Waals surface area contributed by atoms with Crippen molar-refractivity contribution in [3.8, 4) is 5.75 Å². The minimum atomic E-state index is 0.399. The summed E-state index contributed by atoms with van der Waals surface area (Å²) < 4.78 is 8.65. The third-order valence-electron chi connectivity index (χ3n) is 2.88. The molecule has 0 aliphatic rings. The lowest BCUT2D eigenvalue weighted by Gasteiger charge is -2.14. The zero-order valence-corrected chi connectivity index (χ0v) is 12.6. The maximum Gasteiger partial charge on any atom is 0.164 e. The monoisotopic (exact) mass is 324 g/mol. The van der Waals surface area contributed by atoms with Gasteiger partial charge in [0, 0.05) is 11.5 Å². The van der Waals surface area contributed by atoms with Gasteiger partial charge in [0.05, 0.1) is 0 Å². The summed E-state index contributed by atoms with van der Waals surface area (Å²) in [5, 5.41) is 4.02. The van der Waals surface area contributed by atoms with Gasteiger partial charge in [0.25, 0.3) is 0 Å². The van der Waals surface area contributed by atoms with E-state index >= 15 is 0 Å². The van der Waals surface area contributed by atoms with Crippen LogP contribution in [0.5, 0.6) is 5.75 Å². The van der Waals surface area contributed by atoms with Gasteiger partial charge in [0.1, 0.15) is 18.7 Å². The van der Waals surface area contributed by atoms with Gasteiger partial charge in [0.15, 0.2) is 5.82 Å². The molecule has 0 atom stereocenters. The first-order valence-electron chi connectivity index (χ1n) is 6.06. The van der Waals surface area contributed by atoms with E-state index in [1.807, 2.05) is 26.1 Å². The average Bonchev–Trinajstić information content (AvgIpc) is 2.74. The van der Waals surface area contributed by atoms with Crippen LogP contribution < -0.4 is 10.5 Å². The van der Waals surface area contributed by atoms with E-state index in [-0.39, 0.29) is 0 Å². The molecule has 0 unspecified atom stereocenters. The maximum absolute atomic E-state index is 5.90. The molecule has 0 spiro atoms. The highest BCUT2D eigenvalue weighted by molar-refractivity contribution is 9.10. The Morgan fingerprint density at radius 1 is 1.42 bits per heavy atom. The highest BCUT2D eigenvalue weighted by atomic mass is 79.9. The van der Waals surface area contributed by atoms with Gasteiger partial charge in [-0.2, -0.15) is 5.10 Å². The fourth-order valence-electron chi connectivity index (χ4n) is 1.93. The number of benzene rings is 1. The van der Waals surface area contributed by atoms with Crippen molar-refractivity contribution in [3.63, 3.8) is 0 Å². The fraction of sp³-hybridized carbons (Fsp3) is 0.385. The Morgan fingerprint density at radius 3 is 2.84 bits per heavy atom. The van der Waals surface area contributed by atoms with Crippen LogP contribution in [0.4, 0.5) is 0 Å². The van der Waals surface area contributed by atoms with Crippen molar-refractivity contribution in [2.24, 2.45) is 12.8 Å². The zero-order valence-electron chi connectivity index (χ0n) is 11.1. The molecule has 2 rings (SSSR count). The molecule has 1 heterocycles. The lowest BCUT2D eigenvalue weighted by molar-refractivity contribution is 0.285. The summed E-state index contributed by atoms with van der Waals surface area (Å²) in [7, 11) is 1.85. The van der Waals surface area contributed by atoms with Crippen LogP contribution in [0.3, 0.4) is 0 Å². The van der Waals surface area contributed by atoms with Crippen molar-refractivity contribution in [2.45, 2.75) is 20.0 Å². The van der Waals surface area contributed by atoms with Crippen molar-refractivity contribution < 1.29 is 4.74 Å². The van der Waals surface area contributed by atoms with Gasteiger partial charge < -0.3 is 10.5 Å². The Bertz CT molecular complexity index is 568. The van der Waals surface area contributed by atoms with Crippen molar-refractivity contribution in [3.05, 3.63) is 39.9 Å². The van der Waals surface area contributed by atoms with Crippen LogP contribution in [0.2, 0.25) is 0 Å². The minimum absolute atomic E-state index is 0.399. The summed E-state index contributed by atoms with van der Waals surface area (Å²) in [4.78, 5) is 4.15. The number of rotatable bonds is 5. The smallest absolute Gasteiger partial charge is 0.164 e. The van der Waals surface area contributed by atoms with Crippen molar-refractivity contribution in [1.82, 2.24) is 14.8 Å². The van der Waals surface area contributed by atoms with Gasteiger partial charge in [-0.3, -0.25) is 4.68 Å². The van der Waals surface area contributed by atoms with Crippen molar-refractivity contribution in [2.75, 3.05) is 6.54 Å². The third-order valence-corrected chi connectivity index (χ3v) is 3.34. The van der Waals surface area contributed by atoms with E-state index in [4.69, 9.17) is 10.5 Å². The molecule has 19 heavy (non-hydrogen) atoms. The fourth-order valence-corrected chi connectivity index (χ4v) is 2.55. The van der Waals surface area contributed by atoms with Gasteiger partial charge in [-0.05, 0) is 43.1 Å². The molecule has 0 bridgehead atoms. The van der Waals surface area contributed by atoms with Gasteiger partial charge in [0.2, 0.25) is 0 Å². The van der Waals surface area contributed by atoms with Crippen LogP contribution >= 0.6 is 15.9 Å². The second-order valence-electron chi connectivity index (χ2n) is 4.34. The number of ether oxygens (including phenoxy) is 1. The van der Waals surface area contributed by atoms with E-state index in [9.17, 15) is 0 Å². The lowest BCUT2D eigenvalue weighted by atomic mass is 10.1. The Hall–Kier alpha value is -1.40. The Labute approximate surface area is 120 Å². The first kappa shape index (κ1) is 14.0. The maximum atomic E-state index is 5.90.